The van der Waals surface area contributed by atoms with E-state index in [4.69, 9.17) is 0 Å². The fourth-order valence-corrected chi connectivity index (χ4v) is 2.29. The lowest BCUT2D eigenvalue weighted by atomic mass is 9.89. The molecule has 1 aromatic carbocycles. The SMILES string of the molecule is CCCC(CCC)C(O)Cc1ccccc1. The predicted molar refractivity (Wildman–Crippen MR) is 69.5 cm³/mol. The molecule has 0 aromatic heterocycles. The van der Waals surface area contributed by atoms with E-state index < -0.39 is 0 Å². The topological polar surface area (TPSA) is 20.2 Å². The average Bonchev–Trinajstić information content (AvgIpc) is 2.30. The maximum atomic E-state index is 10.2. The Balaban J connectivity index is 2.51. The molecule has 0 heterocycles. The van der Waals surface area contributed by atoms with Crippen LogP contribution < -0.4 is 0 Å². The van der Waals surface area contributed by atoms with Crippen LogP contribution >= 0.6 is 0 Å². The summed E-state index contributed by atoms with van der Waals surface area (Å²) in [5.74, 6) is 0.468. The summed E-state index contributed by atoms with van der Waals surface area (Å²) in [6.45, 7) is 4.38. The quantitative estimate of drug-likeness (QED) is 0.741. The highest BCUT2D eigenvalue weighted by Crippen LogP contribution is 2.20. The summed E-state index contributed by atoms with van der Waals surface area (Å²) in [5, 5.41) is 10.2. The molecule has 16 heavy (non-hydrogen) atoms. The van der Waals surface area contributed by atoms with Crippen molar-refractivity contribution in [2.75, 3.05) is 0 Å². The van der Waals surface area contributed by atoms with Crippen LogP contribution in [0.5, 0.6) is 0 Å². The Hall–Kier alpha value is -0.820. The number of aliphatic hydroxyl groups is 1. The molecule has 1 rings (SSSR count). The number of hydrogen-bond donors (Lipinski definition) is 1. The molecular weight excluding hydrogens is 196 g/mol. The van der Waals surface area contributed by atoms with Crippen LogP contribution in [0.25, 0.3) is 0 Å². The van der Waals surface area contributed by atoms with Gasteiger partial charge in [0.2, 0.25) is 0 Å². The van der Waals surface area contributed by atoms with E-state index in [1.54, 1.807) is 0 Å². The Morgan fingerprint density at radius 3 is 2.06 bits per heavy atom. The summed E-state index contributed by atoms with van der Waals surface area (Å²) in [6, 6.07) is 10.3. The minimum atomic E-state index is -0.178. The zero-order valence-corrected chi connectivity index (χ0v) is 10.5. The smallest absolute Gasteiger partial charge is 0.0608 e. The van der Waals surface area contributed by atoms with Crippen LogP contribution in [0, 0.1) is 5.92 Å². The van der Waals surface area contributed by atoms with Crippen LogP contribution in [0.1, 0.15) is 45.1 Å². The molecule has 0 spiro atoms. The van der Waals surface area contributed by atoms with Gasteiger partial charge >= 0.3 is 0 Å². The van der Waals surface area contributed by atoms with Gasteiger partial charge in [-0.1, -0.05) is 57.0 Å². The molecule has 1 aromatic rings. The van der Waals surface area contributed by atoms with Crippen molar-refractivity contribution < 1.29 is 5.11 Å². The molecule has 1 heteroatoms. The van der Waals surface area contributed by atoms with Crippen LogP contribution in [-0.2, 0) is 6.42 Å². The Morgan fingerprint density at radius 1 is 1.00 bits per heavy atom. The monoisotopic (exact) mass is 220 g/mol. The van der Waals surface area contributed by atoms with Gasteiger partial charge in [-0.15, -0.1) is 0 Å². The van der Waals surface area contributed by atoms with E-state index in [1.165, 1.54) is 5.56 Å². The van der Waals surface area contributed by atoms with Crippen molar-refractivity contribution in [1.29, 1.82) is 0 Å². The van der Waals surface area contributed by atoms with Gasteiger partial charge in [-0.3, -0.25) is 0 Å². The maximum absolute atomic E-state index is 10.2. The minimum absolute atomic E-state index is 0.178. The molecule has 0 bridgehead atoms. The molecule has 0 saturated heterocycles. The van der Waals surface area contributed by atoms with E-state index in [1.807, 2.05) is 18.2 Å². The van der Waals surface area contributed by atoms with Crippen LogP contribution in [-0.4, -0.2) is 11.2 Å². The lowest BCUT2D eigenvalue weighted by Gasteiger charge is -2.22. The van der Waals surface area contributed by atoms with Crippen molar-refractivity contribution in [3.8, 4) is 0 Å². The first-order valence-electron chi connectivity index (χ1n) is 6.49. The summed E-state index contributed by atoms with van der Waals surface area (Å²) in [5.41, 5.74) is 1.24. The van der Waals surface area contributed by atoms with Crippen molar-refractivity contribution in [3.05, 3.63) is 35.9 Å². The molecule has 0 aliphatic heterocycles. The largest absolute Gasteiger partial charge is 0.392 e. The molecule has 1 unspecified atom stereocenters. The molecule has 0 fully saturated rings. The molecule has 1 atom stereocenters. The summed E-state index contributed by atoms with van der Waals surface area (Å²) >= 11 is 0. The van der Waals surface area contributed by atoms with E-state index in [9.17, 15) is 5.11 Å². The zero-order chi connectivity index (χ0) is 11.8. The van der Waals surface area contributed by atoms with Gasteiger partial charge in [-0.05, 0) is 30.7 Å². The first-order chi connectivity index (χ1) is 7.77. The van der Waals surface area contributed by atoms with Crippen molar-refractivity contribution in [1.82, 2.24) is 0 Å². The Kier molecular flexibility index (Phi) is 6.17. The van der Waals surface area contributed by atoms with Gasteiger partial charge in [0, 0.05) is 0 Å². The molecule has 0 saturated carbocycles. The van der Waals surface area contributed by atoms with E-state index in [0.29, 0.717) is 5.92 Å². The van der Waals surface area contributed by atoms with Crippen LogP contribution in [0.4, 0.5) is 0 Å². The van der Waals surface area contributed by atoms with E-state index in [0.717, 1.165) is 32.1 Å². The number of hydrogen-bond acceptors (Lipinski definition) is 1. The molecule has 0 amide bonds. The van der Waals surface area contributed by atoms with Crippen molar-refractivity contribution in [2.24, 2.45) is 5.92 Å². The van der Waals surface area contributed by atoms with Crippen molar-refractivity contribution in [3.63, 3.8) is 0 Å². The second-order valence-electron chi connectivity index (χ2n) is 4.59. The van der Waals surface area contributed by atoms with Crippen molar-refractivity contribution >= 4 is 0 Å². The Labute approximate surface area is 99.5 Å². The van der Waals surface area contributed by atoms with Crippen LogP contribution in [0.15, 0.2) is 30.3 Å². The Morgan fingerprint density at radius 2 is 1.56 bits per heavy atom. The third-order valence-corrected chi connectivity index (χ3v) is 3.15. The molecule has 0 aliphatic rings. The summed E-state index contributed by atoms with van der Waals surface area (Å²) in [4.78, 5) is 0. The van der Waals surface area contributed by atoms with Gasteiger partial charge in [0.05, 0.1) is 6.10 Å². The maximum Gasteiger partial charge on any atom is 0.0608 e. The summed E-state index contributed by atoms with van der Waals surface area (Å²) in [7, 11) is 0. The van der Waals surface area contributed by atoms with Gasteiger partial charge in [-0.2, -0.15) is 0 Å². The molecule has 90 valence electrons. The lowest BCUT2D eigenvalue weighted by molar-refractivity contribution is 0.0963. The van der Waals surface area contributed by atoms with Gasteiger partial charge in [0.25, 0.3) is 0 Å². The predicted octanol–water partition coefficient (Wildman–Crippen LogP) is 3.81. The molecule has 1 N–H and O–H groups in total. The molecular formula is C15H24O. The fraction of sp³-hybridized carbons (Fsp3) is 0.600. The second-order valence-corrected chi connectivity index (χ2v) is 4.59. The summed E-state index contributed by atoms with van der Waals surface area (Å²) in [6.07, 6.45) is 5.23. The van der Waals surface area contributed by atoms with E-state index in [-0.39, 0.29) is 6.10 Å². The van der Waals surface area contributed by atoms with E-state index in [2.05, 4.69) is 26.0 Å². The number of benzene rings is 1. The standard InChI is InChI=1S/C15H24O/c1-3-8-14(9-4-2)15(16)12-13-10-6-5-7-11-13/h5-7,10-11,14-16H,3-4,8-9,12H2,1-2H3. The fourth-order valence-electron chi connectivity index (χ4n) is 2.29. The highest BCUT2D eigenvalue weighted by Gasteiger charge is 2.17. The average molecular weight is 220 g/mol. The lowest BCUT2D eigenvalue weighted by Crippen LogP contribution is -2.22. The van der Waals surface area contributed by atoms with Gasteiger partial charge in [0.15, 0.2) is 0 Å². The highest BCUT2D eigenvalue weighted by atomic mass is 16.3. The zero-order valence-electron chi connectivity index (χ0n) is 10.5. The number of rotatable bonds is 7. The van der Waals surface area contributed by atoms with Gasteiger partial charge < -0.3 is 5.11 Å². The molecule has 1 nitrogen and oxygen atoms in total. The summed E-state index contributed by atoms with van der Waals surface area (Å²) < 4.78 is 0. The molecule has 0 radical (unpaired) electrons. The Bertz CT molecular complexity index is 262. The third-order valence-electron chi connectivity index (χ3n) is 3.15. The van der Waals surface area contributed by atoms with Crippen LogP contribution in [0.3, 0.4) is 0 Å². The second kappa shape index (κ2) is 7.45. The normalized spacial score (nSPS) is 13.0. The number of aliphatic hydroxyl groups excluding tert-OH is 1. The third kappa shape index (κ3) is 4.36. The first kappa shape index (κ1) is 13.2. The van der Waals surface area contributed by atoms with E-state index >= 15 is 0 Å². The van der Waals surface area contributed by atoms with Gasteiger partial charge in [-0.25, -0.2) is 0 Å². The van der Waals surface area contributed by atoms with Gasteiger partial charge in [0.1, 0.15) is 0 Å². The highest BCUT2D eigenvalue weighted by molar-refractivity contribution is 5.15. The molecule has 0 aliphatic carbocycles. The minimum Gasteiger partial charge on any atom is -0.392 e. The van der Waals surface area contributed by atoms with Crippen molar-refractivity contribution in [2.45, 2.75) is 52.1 Å². The van der Waals surface area contributed by atoms with Crippen LogP contribution in [0.2, 0.25) is 0 Å². The first-order valence-corrected chi connectivity index (χ1v) is 6.49.